The van der Waals surface area contributed by atoms with Crippen molar-refractivity contribution in [2.45, 2.75) is 26.3 Å². The minimum atomic E-state index is -0.555. The summed E-state index contributed by atoms with van der Waals surface area (Å²) in [6.07, 6.45) is 0.986. The van der Waals surface area contributed by atoms with Crippen molar-refractivity contribution < 1.29 is 4.79 Å². The number of likely N-dealkylation sites (N-methyl/N-ethyl adjacent to an activating group) is 1. The third-order valence-electron chi connectivity index (χ3n) is 2.86. The van der Waals surface area contributed by atoms with Crippen LogP contribution < -0.4 is 16.8 Å². The molecular weight excluding hydrogens is 254 g/mol. The van der Waals surface area contributed by atoms with Gasteiger partial charge in [0, 0.05) is 12.6 Å². The number of carbonyl (C=O) groups is 1. The molecule has 1 atom stereocenters. The molecule has 6 nitrogen and oxygen atoms in total. The van der Waals surface area contributed by atoms with E-state index in [1.54, 1.807) is 6.07 Å². The largest absolute Gasteiger partial charge is 0.396 e. The molecule has 1 rings (SSSR count). The summed E-state index contributed by atoms with van der Waals surface area (Å²) in [5.74, 6) is 0.517. The second-order valence-corrected chi connectivity index (χ2v) is 5.73. The predicted octanol–water partition coefficient (Wildman–Crippen LogP) is 1.15. The molecule has 0 spiro atoms. The van der Waals surface area contributed by atoms with E-state index in [-0.39, 0.29) is 11.7 Å². The lowest BCUT2D eigenvalue weighted by Crippen LogP contribution is -2.34. The first-order chi connectivity index (χ1) is 9.29. The van der Waals surface area contributed by atoms with E-state index in [1.165, 1.54) is 6.07 Å². The first-order valence-electron chi connectivity index (χ1n) is 6.77. The standard InChI is InChI=1S/C14H25N5O/c1-9(2)7-10(8-19(3)4)17-14-11(15)5-6-12(18-14)13(16)20/h5-6,9-10H,7-8,15H2,1-4H3,(H2,16,20)(H,17,18). The summed E-state index contributed by atoms with van der Waals surface area (Å²) in [7, 11) is 4.04. The molecule has 0 fully saturated rings. The molecule has 0 saturated heterocycles. The molecule has 112 valence electrons. The first-order valence-corrected chi connectivity index (χ1v) is 6.77. The van der Waals surface area contributed by atoms with Gasteiger partial charge in [0.15, 0.2) is 0 Å². The molecule has 1 unspecified atom stereocenters. The van der Waals surface area contributed by atoms with E-state index in [0.717, 1.165) is 13.0 Å². The molecule has 6 heteroatoms. The van der Waals surface area contributed by atoms with Crippen molar-refractivity contribution in [3.63, 3.8) is 0 Å². The lowest BCUT2D eigenvalue weighted by molar-refractivity contribution is 0.0995. The molecule has 20 heavy (non-hydrogen) atoms. The molecule has 0 aliphatic carbocycles. The highest BCUT2D eigenvalue weighted by Gasteiger charge is 2.15. The molecule has 1 aromatic heterocycles. The Hall–Kier alpha value is -1.82. The lowest BCUT2D eigenvalue weighted by Gasteiger charge is -2.25. The fourth-order valence-corrected chi connectivity index (χ4v) is 2.11. The Balaban J connectivity index is 2.91. The van der Waals surface area contributed by atoms with Gasteiger partial charge < -0.3 is 21.7 Å². The van der Waals surface area contributed by atoms with Gasteiger partial charge in [-0.2, -0.15) is 0 Å². The number of amides is 1. The number of nitrogens with zero attached hydrogens (tertiary/aromatic N) is 2. The summed E-state index contributed by atoms with van der Waals surface area (Å²) in [4.78, 5) is 17.5. The highest BCUT2D eigenvalue weighted by atomic mass is 16.1. The van der Waals surface area contributed by atoms with Crippen molar-refractivity contribution in [3.05, 3.63) is 17.8 Å². The van der Waals surface area contributed by atoms with Gasteiger partial charge in [0.25, 0.3) is 5.91 Å². The number of rotatable bonds is 7. The number of nitrogen functional groups attached to an aromatic ring is 1. The summed E-state index contributed by atoms with van der Waals surface area (Å²) in [5.41, 5.74) is 11.9. The van der Waals surface area contributed by atoms with Gasteiger partial charge in [-0.05, 0) is 38.6 Å². The van der Waals surface area contributed by atoms with Crippen LogP contribution in [0.2, 0.25) is 0 Å². The zero-order valence-corrected chi connectivity index (χ0v) is 12.7. The number of nitrogens with two attached hydrogens (primary N) is 2. The summed E-state index contributed by atoms with van der Waals surface area (Å²) < 4.78 is 0. The summed E-state index contributed by atoms with van der Waals surface area (Å²) in [6, 6.07) is 3.40. The van der Waals surface area contributed by atoms with Gasteiger partial charge in [0.2, 0.25) is 0 Å². The number of hydrogen-bond acceptors (Lipinski definition) is 5. The number of primary amides is 1. The summed E-state index contributed by atoms with van der Waals surface area (Å²) >= 11 is 0. The summed E-state index contributed by atoms with van der Waals surface area (Å²) in [5, 5.41) is 3.32. The number of hydrogen-bond donors (Lipinski definition) is 3. The van der Waals surface area contributed by atoms with Gasteiger partial charge in [-0.1, -0.05) is 13.8 Å². The van der Waals surface area contributed by atoms with Crippen LogP contribution in [0.15, 0.2) is 12.1 Å². The van der Waals surface area contributed by atoms with E-state index in [1.807, 2.05) is 14.1 Å². The number of anilines is 2. The van der Waals surface area contributed by atoms with Crippen molar-refractivity contribution in [3.8, 4) is 0 Å². The van der Waals surface area contributed by atoms with E-state index in [2.05, 4.69) is 29.0 Å². The van der Waals surface area contributed by atoms with Gasteiger partial charge in [-0.15, -0.1) is 0 Å². The molecule has 5 N–H and O–H groups in total. The van der Waals surface area contributed by atoms with Crippen molar-refractivity contribution >= 4 is 17.4 Å². The molecule has 0 aliphatic rings. The molecule has 1 aromatic rings. The van der Waals surface area contributed by atoms with Crippen LogP contribution in [0, 0.1) is 5.92 Å². The quantitative estimate of drug-likeness (QED) is 0.695. The van der Waals surface area contributed by atoms with Crippen LogP contribution in [-0.2, 0) is 0 Å². The Morgan fingerprint density at radius 2 is 2.05 bits per heavy atom. The Labute approximate surface area is 120 Å². The lowest BCUT2D eigenvalue weighted by atomic mass is 10.0. The Morgan fingerprint density at radius 3 is 2.55 bits per heavy atom. The third-order valence-corrected chi connectivity index (χ3v) is 2.86. The molecule has 0 bridgehead atoms. The Morgan fingerprint density at radius 1 is 1.40 bits per heavy atom. The maximum Gasteiger partial charge on any atom is 0.267 e. The van der Waals surface area contributed by atoms with Crippen LogP contribution in [-0.4, -0.2) is 42.5 Å². The topological polar surface area (TPSA) is 97.3 Å². The van der Waals surface area contributed by atoms with Crippen LogP contribution >= 0.6 is 0 Å². The van der Waals surface area contributed by atoms with Crippen LogP contribution in [0.25, 0.3) is 0 Å². The second kappa shape index (κ2) is 7.09. The van der Waals surface area contributed by atoms with Gasteiger partial charge in [-0.25, -0.2) is 4.98 Å². The minimum absolute atomic E-state index is 0.211. The van der Waals surface area contributed by atoms with E-state index >= 15 is 0 Å². The van der Waals surface area contributed by atoms with Gasteiger partial charge in [0.1, 0.15) is 11.5 Å². The molecule has 0 aromatic carbocycles. The molecule has 1 amide bonds. The Bertz CT molecular complexity index is 449. The zero-order valence-electron chi connectivity index (χ0n) is 12.7. The highest BCUT2D eigenvalue weighted by molar-refractivity contribution is 5.91. The second-order valence-electron chi connectivity index (χ2n) is 5.73. The number of nitrogens with one attached hydrogen (secondary N) is 1. The van der Waals surface area contributed by atoms with Crippen LogP contribution in [0.3, 0.4) is 0 Å². The van der Waals surface area contributed by atoms with Crippen molar-refractivity contribution in [1.82, 2.24) is 9.88 Å². The van der Waals surface area contributed by atoms with Crippen LogP contribution in [0.5, 0.6) is 0 Å². The van der Waals surface area contributed by atoms with Gasteiger partial charge in [0.05, 0.1) is 5.69 Å². The van der Waals surface area contributed by atoms with Crippen molar-refractivity contribution in [2.24, 2.45) is 11.7 Å². The smallest absolute Gasteiger partial charge is 0.267 e. The maximum atomic E-state index is 11.2. The minimum Gasteiger partial charge on any atom is -0.396 e. The number of carbonyl (C=O) groups excluding carboxylic acids is 1. The number of aromatic nitrogens is 1. The van der Waals surface area contributed by atoms with Crippen molar-refractivity contribution in [2.75, 3.05) is 31.7 Å². The third kappa shape index (κ3) is 5.05. The number of pyridine rings is 1. The van der Waals surface area contributed by atoms with Crippen molar-refractivity contribution in [1.29, 1.82) is 0 Å². The van der Waals surface area contributed by atoms with Gasteiger partial charge in [-0.3, -0.25) is 4.79 Å². The van der Waals surface area contributed by atoms with E-state index in [9.17, 15) is 4.79 Å². The predicted molar refractivity (Wildman–Crippen MR) is 82.6 cm³/mol. The average Bonchev–Trinajstić information content (AvgIpc) is 2.29. The zero-order chi connectivity index (χ0) is 15.3. The van der Waals surface area contributed by atoms with E-state index in [0.29, 0.717) is 17.4 Å². The SMILES string of the molecule is CC(C)CC(CN(C)C)Nc1nc(C(N)=O)ccc1N. The maximum absolute atomic E-state index is 11.2. The average molecular weight is 279 g/mol. The summed E-state index contributed by atoms with van der Waals surface area (Å²) in [6.45, 7) is 5.20. The molecule has 0 aliphatic heterocycles. The Kier molecular flexibility index (Phi) is 5.76. The first kappa shape index (κ1) is 16.2. The monoisotopic (exact) mass is 279 g/mol. The molecular formula is C14H25N5O. The normalized spacial score (nSPS) is 12.7. The highest BCUT2D eigenvalue weighted by Crippen LogP contribution is 2.19. The molecule has 1 heterocycles. The van der Waals surface area contributed by atoms with E-state index < -0.39 is 5.91 Å². The van der Waals surface area contributed by atoms with Crippen LogP contribution in [0.4, 0.5) is 11.5 Å². The molecule has 0 saturated carbocycles. The van der Waals surface area contributed by atoms with Gasteiger partial charge >= 0.3 is 0 Å². The molecule has 0 radical (unpaired) electrons. The van der Waals surface area contributed by atoms with E-state index in [4.69, 9.17) is 11.5 Å². The fraction of sp³-hybridized carbons (Fsp3) is 0.571. The van der Waals surface area contributed by atoms with Crippen LogP contribution in [0.1, 0.15) is 30.8 Å². The fourth-order valence-electron chi connectivity index (χ4n) is 2.11.